The fourth-order valence-corrected chi connectivity index (χ4v) is 1.92. The lowest BCUT2D eigenvalue weighted by Gasteiger charge is -2.12. The molecule has 0 spiro atoms. The third-order valence-corrected chi connectivity index (χ3v) is 2.92. The zero-order valence-corrected chi connectivity index (χ0v) is 12.1. The van der Waals surface area contributed by atoms with E-state index in [9.17, 15) is 4.39 Å². The van der Waals surface area contributed by atoms with Crippen LogP contribution in [-0.4, -0.2) is 12.2 Å². The summed E-state index contributed by atoms with van der Waals surface area (Å²) < 4.78 is 18.7. The van der Waals surface area contributed by atoms with Gasteiger partial charge in [-0.25, -0.2) is 4.39 Å². The lowest BCUT2D eigenvalue weighted by Crippen LogP contribution is -2.19. The van der Waals surface area contributed by atoms with Gasteiger partial charge in [-0.3, -0.25) is 0 Å². The Morgan fingerprint density at radius 3 is 2.45 bits per heavy atom. The van der Waals surface area contributed by atoms with E-state index in [1.165, 1.54) is 6.07 Å². The minimum absolute atomic E-state index is 0.333. The number of halogens is 1. The number of ether oxygens (including phenoxy) is 1. The lowest BCUT2D eigenvalue weighted by atomic mass is 10.2. The van der Waals surface area contributed by atoms with Crippen LogP contribution in [0.25, 0.3) is 0 Å². The molecule has 0 unspecified atom stereocenters. The quantitative estimate of drug-likeness (QED) is 0.839. The van der Waals surface area contributed by atoms with Crippen LogP contribution in [0.4, 0.5) is 15.8 Å². The van der Waals surface area contributed by atoms with Gasteiger partial charge in [0.15, 0.2) is 5.11 Å². The summed E-state index contributed by atoms with van der Waals surface area (Å²) in [6, 6.07) is 12.1. The molecule has 0 fully saturated rings. The Balaban J connectivity index is 2.03. The SMILES string of the molecule is COc1ccc(NC(=S)Nc2cc(C)ccc2F)cc1. The molecule has 0 amide bonds. The van der Waals surface area contributed by atoms with Gasteiger partial charge in [0.1, 0.15) is 11.6 Å². The maximum Gasteiger partial charge on any atom is 0.175 e. The largest absolute Gasteiger partial charge is 0.497 e. The molecule has 0 aliphatic rings. The zero-order chi connectivity index (χ0) is 14.5. The first-order valence-corrected chi connectivity index (χ1v) is 6.47. The summed E-state index contributed by atoms with van der Waals surface area (Å²) in [6.45, 7) is 1.89. The average Bonchev–Trinajstić information content (AvgIpc) is 2.43. The average molecular weight is 290 g/mol. The van der Waals surface area contributed by atoms with Gasteiger partial charge in [-0.1, -0.05) is 6.07 Å². The summed E-state index contributed by atoms with van der Waals surface area (Å²) in [5, 5.41) is 6.16. The Morgan fingerprint density at radius 2 is 1.80 bits per heavy atom. The highest BCUT2D eigenvalue weighted by Crippen LogP contribution is 2.18. The van der Waals surface area contributed by atoms with Gasteiger partial charge in [0.2, 0.25) is 0 Å². The van der Waals surface area contributed by atoms with Crippen LogP contribution in [0.2, 0.25) is 0 Å². The van der Waals surface area contributed by atoms with Crippen molar-refractivity contribution in [1.29, 1.82) is 0 Å². The van der Waals surface area contributed by atoms with Gasteiger partial charge in [0.05, 0.1) is 12.8 Å². The molecule has 2 N–H and O–H groups in total. The second-order valence-electron chi connectivity index (χ2n) is 4.29. The van der Waals surface area contributed by atoms with E-state index in [0.717, 1.165) is 17.0 Å². The number of thiocarbonyl (C=S) groups is 1. The fraction of sp³-hybridized carbons (Fsp3) is 0.133. The predicted octanol–water partition coefficient (Wildman–Crippen LogP) is 3.95. The first-order chi connectivity index (χ1) is 9.58. The number of rotatable bonds is 3. The first-order valence-electron chi connectivity index (χ1n) is 6.06. The van der Waals surface area contributed by atoms with Crippen molar-refractivity contribution in [3.63, 3.8) is 0 Å². The molecule has 2 aromatic carbocycles. The predicted molar refractivity (Wildman–Crippen MR) is 84.0 cm³/mol. The molecule has 0 heterocycles. The van der Waals surface area contributed by atoms with Crippen LogP contribution in [0.5, 0.6) is 5.75 Å². The van der Waals surface area contributed by atoms with E-state index in [1.807, 2.05) is 31.2 Å². The number of nitrogens with one attached hydrogen (secondary N) is 2. The molecule has 5 heteroatoms. The van der Waals surface area contributed by atoms with Crippen LogP contribution in [0.1, 0.15) is 5.56 Å². The van der Waals surface area contributed by atoms with E-state index in [4.69, 9.17) is 17.0 Å². The molecule has 2 rings (SSSR count). The van der Waals surface area contributed by atoms with Crippen LogP contribution < -0.4 is 15.4 Å². The second kappa shape index (κ2) is 6.34. The molecule has 0 aliphatic heterocycles. The van der Waals surface area contributed by atoms with Crippen molar-refractivity contribution in [3.8, 4) is 5.75 Å². The van der Waals surface area contributed by atoms with Crippen LogP contribution in [0.15, 0.2) is 42.5 Å². The summed E-state index contributed by atoms with van der Waals surface area (Å²) in [6.07, 6.45) is 0. The Bertz CT molecular complexity index is 614. The van der Waals surface area contributed by atoms with E-state index < -0.39 is 0 Å². The number of hydrogen-bond acceptors (Lipinski definition) is 2. The minimum Gasteiger partial charge on any atom is -0.497 e. The highest BCUT2D eigenvalue weighted by molar-refractivity contribution is 7.80. The molecular formula is C15H15FN2OS. The lowest BCUT2D eigenvalue weighted by molar-refractivity contribution is 0.415. The highest BCUT2D eigenvalue weighted by Gasteiger charge is 2.04. The van der Waals surface area contributed by atoms with Crippen LogP contribution >= 0.6 is 12.2 Å². The third kappa shape index (κ3) is 3.68. The Labute approximate surface area is 122 Å². The second-order valence-corrected chi connectivity index (χ2v) is 4.70. The topological polar surface area (TPSA) is 33.3 Å². The zero-order valence-electron chi connectivity index (χ0n) is 11.2. The van der Waals surface area contributed by atoms with Gasteiger partial charge >= 0.3 is 0 Å². The molecule has 3 nitrogen and oxygen atoms in total. The highest BCUT2D eigenvalue weighted by atomic mass is 32.1. The van der Waals surface area contributed by atoms with Gasteiger partial charge in [0, 0.05) is 5.69 Å². The van der Waals surface area contributed by atoms with Crippen molar-refractivity contribution in [2.75, 3.05) is 17.7 Å². The van der Waals surface area contributed by atoms with Crippen molar-refractivity contribution in [3.05, 3.63) is 53.8 Å². The monoisotopic (exact) mass is 290 g/mol. The van der Waals surface area contributed by atoms with E-state index in [2.05, 4.69) is 10.6 Å². The molecule has 0 saturated carbocycles. The Morgan fingerprint density at radius 1 is 1.10 bits per heavy atom. The standard InChI is InChI=1S/C15H15FN2OS/c1-10-3-8-13(16)14(9-10)18-15(20)17-11-4-6-12(19-2)7-5-11/h3-9H,1-2H3,(H2,17,18,20). The van der Waals surface area contributed by atoms with Crippen LogP contribution in [-0.2, 0) is 0 Å². The van der Waals surface area contributed by atoms with E-state index in [0.29, 0.717) is 10.8 Å². The van der Waals surface area contributed by atoms with Crippen molar-refractivity contribution < 1.29 is 9.13 Å². The summed E-state index contributed by atoms with van der Waals surface area (Å²) in [7, 11) is 1.61. The third-order valence-electron chi connectivity index (χ3n) is 2.72. The van der Waals surface area contributed by atoms with Gasteiger partial charge in [0.25, 0.3) is 0 Å². The number of aryl methyl sites for hydroxylation is 1. The molecule has 0 radical (unpaired) electrons. The smallest absolute Gasteiger partial charge is 0.175 e. The summed E-state index contributed by atoms with van der Waals surface area (Å²) in [5.41, 5.74) is 2.12. The molecule has 0 saturated heterocycles. The van der Waals surface area contributed by atoms with Gasteiger partial charge in [-0.2, -0.15) is 0 Å². The first kappa shape index (κ1) is 14.3. The van der Waals surface area contributed by atoms with Crippen molar-refractivity contribution >= 4 is 28.7 Å². The number of anilines is 2. The molecule has 0 atom stereocenters. The maximum atomic E-state index is 13.6. The van der Waals surface area contributed by atoms with Crippen molar-refractivity contribution in [1.82, 2.24) is 0 Å². The summed E-state index contributed by atoms with van der Waals surface area (Å²) in [4.78, 5) is 0. The van der Waals surface area contributed by atoms with E-state index >= 15 is 0 Å². The number of benzene rings is 2. The van der Waals surface area contributed by atoms with Crippen LogP contribution in [0, 0.1) is 12.7 Å². The minimum atomic E-state index is -0.338. The van der Waals surface area contributed by atoms with Gasteiger partial charge < -0.3 is 15.4 Å². The summed E-state index contributed by atoms with van der Waals surface area (Å²) >= 11 is 5.16. The molecule has 2 aromatic rings. The van der Waals surface area contributed by atoms with E-state index in [-0.39, 0.29) is 5.82 Å². The molecule has 104 valence electrons. The summed E-state index contributed by atoms with van der Waals surface area (Å²) in [5.74, 6) is 0.425. The molecule has 20 heavy (non-hydrogen) atoms. The van der Waals surface area contributed by atoms with Gasteiger partial charge in [-0.15, -0.1) is 0 Å². The van der Waals surface area contributed by atoms with Crippen LogP contribution in [0.3, 0.4) is 0 Å². The molecule has 0 aromatic heterocycles. The normalized spacial score (nSPS) is 9.95. The Hall–Kier alpha value is -2.14. The number of hydrogen-bond donors (Lipinski definition) is 2. The maximum absolute atomic E-state index is 13.6. The fourth-order valence-electron chi connectivity index (χ4n) is 1.69. The van der Waals surface area contributed by atoms with E-state index in [1.54, 1.807) is 19.2 Å². The Kier molecular flexibility index (Phi) is 4.53. The molecule has 0 bridgehead atoms. The van der Waals surface area contributed by atoms with Crippen molar-refractivity contribution in [2.24, 2.45) is 0 Å². The number of methoxy groups -OCH3 is 1. The van der Waals surface area contributed by atoms with Gasteiger partial charge in [-0.05, 0) is 61.1 Å². The molecule has 0 aliphatic carbocycles. The van der Waals surface area contributed by atoms with Crippen molar-refractivity contribution in [2.45, 2.75) is 6.92 Å². The molecular weight excluding hydrogens is 275 g/mol.